The van der Waals surface area contributed by atoms with Crippen LogP contribution >= 0.6 is 15.9 Å². The van der Waals surface area contributed by atoms with Gasteiger partial charge in [0.1, 0.15) is 16.1 Å². The molecule has 1 N–H and O–H groups in total. The minimum atomic E-state index is -0.815. The molecule has 1 radical (unpaired) electrons. The molecular formula is C19H14BrN4O2. The van der Waals surface area contributed by atoms with Crippen LogP contribution in [0.4, 0.5) is 0 Å². The van der Waals surface area contributed by atoms with Crippen LogP contribution in [-0.4, -0.2) is 39.6 Å². The number of aliphatic hydroxyl groups is 1. The molecule has 0 saturated carbocycles. The molecule has 1 atom stereocenters. The minimum absolute atomic E-state index is 0.634. The average Bonchev–Trinajstić information content (AvgIpc) is 2.64. The van der Waals surface area contributed by atoms with Crippen LogP contribution in [0.2, 0.25) is 0 Å². The molecule has 6 nitrogen and oxygen atoms in total. The van der Waals surface area contributed by atoms with Gasteiger partial charge in [0.25, 0.3) is 0 Å². The Morgan fingerprint density at radius 2 is 2.00 bits per heavy atom. The molecule has 4 rings (SSSR count). The number of aromatic nitrogens is 2. The van der Waals surface area contributed by atoms with E-state index >= 15 is 0 Å². The summed E-state index contributed by atoms with van der Waals surface area (Å²) in [4.78, 5) is 14.2. The van der Waals surface area contributed by atoms with Gasteiger partial charge in [-0.05, 0) is 46.3 Å². The number of aliphatic imine (C=N–C) groups is 1. The van der Waals surface area contributed by atoms with Crippen LogP contribution in [0.3, 0.4) is 0 Å². The number of ether oxygens (including phenoxy) is 1. The highest BCUT2D eigenvalue weighted by Crippen LogP contribution is 2.28. The number of aliphatic hydroxyl groups excluding tert-OH is 1. The van der Waals surface area contributed by atoms with Crippen molar-refractivity contribution >= 4 is 38.7 Å². The maximum Gasteiger partial charge on any atom is 0.174 e. The fourth-order valence-electron chi connectivity index (χ4n) is 2.63. The lowest BCUT2D eigenvalue weighted by Gasteiger charge is -2.24. The number of benzene rings is 1. The summed E-state index contributed by atoms with van der Waals surface area (Å²) >= 11 is 3.33. The number of halogens is 1. The Kier molecular flexibility index (Phi) is 4.40. The molecule has 1 aliphatic heterocycles. The molecule has 3 aromatic rings. The third-order valence-corrected chi connectivity index (χ3v) is 4.39. The van der Waals surface area contributed by atoms with Gasteiger partial charge in [-0.1, -0.05) is 6.07 Å². The summed E-state index contributed by atoms with van der Waals surface area (Å²) in [7, 11) is 1.71. The van der Waals surface area contributed by atoms with Gasteiger partial charge < -0.3 is 14.7 Å². The average molecular weight is 410 g/mol. The lowest BCUT2D eigenvalue weighted by molar-refractivity contribution is 0.125. The zero-order chi connectivity index (χ0) is 18.1. The smallest absolute Gasteiger partial charge is 0.174 e. The first kappa shape index (κ1) is 16.7. The van der Waals surface area contributed by atoms with Gasteiger partial charge in [0, 0.05) is 36.5 Å². The highest BCUT2D eigenvalue weighted by atomic mass is 79.9. The van der Waals surface area contributed by atoms with Gasteiger partial charge in [0.2, 0.25) is 0 Å². The first-order valence-corrected chi connectivity index (χ1v) is 8.66. The number of fused-ring (bicyclic) bond motifs is 1. The van der Waals surface area contributed by atoms with E-state index in [4.69, 9.17) is 4.74 Å². The second-order valence-corrected chi connectivity index (χ2v) is 6.58. The largest absolute Gasteiger partial charge is 0.457 e. The molecule has 2 aromatic heterocycles. The van der Waals surface area contributed by atoms with E-state index < -0.39 is 6.23 Å². The van der Waals surface area contributed by atoms with Gasteiger partial charge in [-0.2, -0.15) is 0 Å². The van der Waals surface area contributed by atoms with E-state index in [0.717, 1.165) is 10.9 Å². The summed E-state index contributed by atoms with van der Waals surface area (Å²) in [6, 6.07) is 13.1. The summed E-state index contributed by atoms with van der Waals surface area (Å²) in [5.74, 6) is 1.41. The van der Waals surface area contributed by atoms with Crippen molar-refractivity contribution in [1.82, 2.24) is 14.9 Å². The predicted octanol–water partition coefficient (Wildman–Crippen LogP) is 3.69. The number of likely N-dealkylation sites (N-methyl/N-ethyl adjacent to an activating group) is 1. The lowest BCUT2D eigenvalue weighted by Crippen LogP contribution is -2.33. The van der Waals surface area contributed by atoms with Crippen molar-refractivity contribution in [3.05, 3.63) is 65.2 Å². The fourth-order valence-corrected chi connectivity index (χ4v) is 2.97. The molecule has 129 valence electrons. The highest BCUT2D eigenvalue weighted by Gasteiger charge is 2.20. The molecular weight excluding hydrogens is 396 g/mol. The molecule has 0 bridgehead atoms. The third kappa shape index (κ3) is 3.31. The van der Waals surface area contributed by atoms with Crippen LogP contribution in [0, 0.1) is 0 Å². The first-order valence-electron chi connectivity index (χ1n) is 7.87. The van der Waals surface area contributed by atoms with Crippen molar-refractivity contribution in [2.75, 3.05) is 7.05 Å². The van der Waals surface area contributed by atoms with Crippen LogP contribution in [0.25, 0.3) is 16.5 Å². The van der Waals surface area contributed by atoms with E-state index in [1.165, 1.54) is 4.90 Å². The Labute approximate surface area is 158 Å². The maximum absolute atomic E-state index is 10.3. The molecule has 7 heteroatoms. The molecule has 0 saturated heterocycles. The fraction of sp³-hybridized carbons (Fsp3) is 0.105. The quantitative estimate of drug-likeness (QED) is 0.667. The lowest BCUT2D eigenvalue weighted by atomic mass is 10.1. The number of rotatable bonds is 3. The highest BCUT2D eigenvalue weighted by molar-refractivity contribution is 9.10. The van der Waals surface area contributed by atoms with E-state index in [1.54, 1.807) is 31.6 Å². The van der Waals surface area contributed by atoms with Crippen LogP contribution in [0.15, 0.2) is 64.5 Å². The van der Waals surface area contributed by atoms with Crippen molar-refractivity contribution in [3.63, 3.8) is 0 Å². The normalized spacial score (nSPS) is 16.7. The van der Waals surface area contributed by atoms with Crippen LogP contribution in [0.1, 0.15) is 5.69 Å². The third-order valence-electron chi connectivity index (χ3n) is 3.95. The minimum Gasteiger partial charge on any atom is -0.457 e. The van der Waals surface area contributed by atoms with E-state index in [2.05, 4.69) is 37.2 Å². The van der Waals surface area contributed by atoms with Gasteiger partial charge in [-0.15, -0.1) is 0 Å². The van der Waals surface area contributed by atoms with Crippen LogP contribution in [0.5, 0.6) is 11.5 Å². The Morgan fingerprint density at radius 1 is 1.15 bits per heavy atom. The second kappa shape index (κ2) is 6.86. The van der Waals surface area contributed by atoms with E-state index in [0.29, 0.717) is 27.4 Å². The van der Waals surface area contributed by atoms with E-state index in [-0.39, 0.29) is 0 Å². The van der Waals surface area contributed by atoms with Crippen LogP contribution < -0.4 is 4.74 Å². The molecule has 1 unspecified atom stereocenters. The summed E-state index contributed by atoms with van der Waals surface area (Å²) < 4.78 is 6.58. The molecule has 0 amide bonds. The maximum atomic E-state index is 10.3. The molecule has 0 fully saturated rings. The van der Waals surface area contributed by atoms with Gasteiger partial charge in [0.15, 0.2) is 12.6 Å². The Bertz CT molecular complexity index is 1030. The summed E-state index contributed by atoms with van der Waals surface area (Å²) in [6.45, 7) is 0. The molecule has 0 aliphatic carbocycles. The van der Waals surface area contributed by atoms with E-state index in [9.17, 15) is 5.11 Å². The van der Waals surface area contributed by atoms with Gasteiger partial charge in [0.05, 0.1) is 11.2 Å². The number of hydrogen-bond acceptors (Lipinski definition) is 6. The van der Waals surface area contributed by atoms with Crippen molar-refractivity contribution in [1.29, 1.82) is 0 Å². The zero-order valence-corrected chi connectivity index (χ0v) is 15.4. The Morgan fingerprint density at radius 3 is 2.85 bits per heavy atom. The van der Waals surface area contributed by atoms with Crippen molar-refractivity contribution in [3.8, 4) is 11.5 Å². The first-order chi connectivity index (χ1) is 12.6. The van der Waals surface area contributed by atoms with Crippen LogP contribution in [-0.2, 0) is 0 Å². The number of nitrogens with zero attached hydrogens (tertiary/aromatic N) is 4. The standard InChI is InChI=1S/C19H14BrN4O2/c1-24-11-21-10-15(19(24)25)17-4-2-12-8-13(3-5-16(12)23-17)26-14-6-7-22-18(20)9-14/h2-10,19,25H,1H3. The zero-order valence-electron chi connectivity index (χ0n) is 13.8. The van der Waals surface area contributed by atoms with Gasteiger partial charge in [-0.25, -0.2) is 15.0 Å². The molecule has 1 aromatic carbocycles. The van der Waals surface area contributed by atoms with Crippen molar-refractivity contribution < 1.29 is 9.84 Å². The molecule has 1 aliphatic rings. The Balaban J connectivity index is 1.64. The van der Waals surface area contributed by atoms with Crippen molar-refractivity contribution in [2.45, 2.75) is 6.23 Å². The monoisotopic (exact) mass is 409 g/mol. The molecule has 3 heterocycles. The topological polar surface area (TPSA) is 70.8 Å². The molecule has 26 heavy (non-hydrogen) atoms. The number of pyridine rings is 2. The molecule has 0 spiro atoms. The van der Waals surface area contributed by atoms with Gasteiger partial charge >= 0.3 is 0 Å². The van der Waals surface area contributed by atoms with E-state index in [1.807, 2.05) is 30.3 Å². The van der Waals surface area contributed by atoms with Crippen molar-refractivity contribution in [2.24, 2.45) is 4.99 Å². The summed E-state index contributed by atoms with van der Waals surface area (Å²) in [5, 5.41) is 11.2. The predicted molar refractivity (Wildman–Crippen MR) is 103 cm³/mol. The summed E-state index contributed by atoms with van der Waals surface area (Å²) in [6.07, 6.45) is 5.12. The Hall–Kier alpha value is -2.77. The SMILES string of the molecule is CN1[C]=NC=C(c2ccc3cc(Oc4ccnc(Br)c4)ccc3n2)C1O. The summed E-state index contributed by atoms with van der Waals surface area (Å²) in [5.41, 5.74) is 2.11. The number of hydrogen-bond donors (Lipinski definition) is 1. The second-order valence-electron chi connectivity index (χ2n) is 5.77. The van der Waals surface area contributed by atoms with Gasteiger partial charge in [-0.3, -0.25) is 0 Å².